The molecule has 10 heteroatoms. The summed E-state index contributed by atoms with van der Waals surface area (Å²) >= 11 is 0. The molecule has 9 nitrogen and oxygen atoms in total. The number of amides is 2. The monoisotopic (exact) mass is 445 g/mol. The van der Waals surface area contributed by atoms with Crippen LogP contribution in [0.3, 0.4) is 0 Å². The summed E-state index contributed by atoms with van der Waals surface area (Å²) in [6.07, 6.45) is 8.01. The van der Waals surface area contributed by atoms with Gasteiger partial charge in [-0.15, -0.1) is 0 Å². The maximum absolute atomic E-state index is 12.7. The van der Waals surface area contributed by atoms with Gasteiger partial charge in [0.2, 0.25) is 21.8 Å². The minimum atomic E-state index is -3.49. The van der Waals surface area contributed by atoms with E-state index in [4.69, 9.17) is 0 Å². The Balaban J connectivity index is 1.31. The van der Waals surface area contributed by atoms with Crippen LogP contribution < -0.4 is 10.2 Å². The number of aryl methyl sites for hydroxylation is 1. The number of rotatable bonds is 8. The molecule has 0 bridgehead atoms. The van der Waals surface area contributed by atoms with Gasteiger partial charge < -0.3 is 14.8 Å². The molecule has 2 aliphatic rings. The Kier molecular flexibility index (Phi) is 6.38. The maximum Gasteiger partial charge on any atom is 0.243 e. The molecule has 3 heterocycles. The Morgan fingerprint density at radius 2 is 1.90 bits per heavy atom. The number of nitrogens with zero attached hydrogens (tertiary/aromatic N) is 4. The fourth-order valence-electron chi connectivity index (χ4n) is 4.04. The van der Waals surface area contributed by atoms with Crippen LogP contribution in [-0.4, -0.2) is 60.3 Å². The zero-order valence-electron chi connectivity index (χ0n) is 17.3. The van der Waals surface area contributed by atoms with E-state index >= 15 is 0 Å². The molecular formula is C21H27N5O4S. The molecule has 1 atom stereocenters. The van der Waals surface area contributed by atoms with Gasteiger partial charge in [0.15, 0.2) is 0 Å². The Bertz CT molecular complexity index is 1010. The summed E-state index contributed by atoms with van der Waals surface area (Å²) in [7, 11) is -3.49. The number of aromatic nitrogens is 2. The number of hydrogen-bond donors (Lipinski definition) is 1. The van der Waals surface area contributed by atoms with E-state index in [0.29, 0.717) is 31.9 Å². The van der Waals surface area contributed by atoms with Crippen molar-refractivity contribution < 1.29 is 18.0 Å². The Labute approximate surface area is 182 Å². The second-order valence-corrected chi connectivity index (χ2v) is 9.89. The minimum Gasteiger partial charge on any atom is -0.356 e. The molecule has 2 fully saturated rings. The molecule has 2 saturated heterocycles. The Morgan fingerprint density at radius 1 is 1.16 bits per heavy atom. The largest absolute Gasteiger partial charge is 0.356 e. The summed E-state index contributed by atoms with van der Waals surface area (Å²) < 4.78 is 28.8. The van der Waals surface area contributed by atoms with Gasteiger partial charge in [0.05, 0.1) is 17.1 Å². The van der Waals surface area contributed by atoms with Crippen molar-refractivity contribution in [1.82, 2.24) is 19.2 Å². The van der Waals surface area contributed by atoms with Crippen molar-refractivity contribution in [3.8, 4) is 0 Å². The number of hydrogen-bond acceptors (Lipinski definition) is 5. The first-order valence-corrected chi connectivity index (χ1v) is 12.0. The molecule has 2 aromatic rings. The number of benzene rings is 1. The van der Waals surface area contributed by atoms with Crippen LogP contribution in [0.1, 0.15) is 25.7 Å². The summed E-state index contributed by atoms with van der Waals surface area (Å²) in [6, 6.07) is 6.37. The minimum absolute atomic E-state index is 0.130. The van der Waals surface area contributed by atoms with Crippen molar-refractivity contribution in [2.24, 2.45) is 5.92 Å². The third-order valence-electron chi connectivity index (χ3n) is 5.80. The average molecular weight is 446 g/mol. The normalized spacial score (nSPS) is 19.8. The number of carbonyl (C=O) groups is 2. The molecule has 1 N–H and O–H groups in total. The van der Waals surface area contributed by atoms with E-state index in [0.717, 1.165) is 25.8 Å². The summed E-state index contributed by atoms with van der Waals surface area (Å²) in [5.41, 5.74) is 0.612. The van der Waals surface area contributed by atoms with E-state index in [2.05, 4.69) is 10.3 Å². The number of nitrogens with one attached hydrogen (secondary N) is 1. The van der Waals surface area contributed by atoms with E-state index in [1.165, 1.54) is 4.31 Å². The third-order valence-corrected chi connectivity index (χ3v) is 7.71. The molecule has 0 spiro atoms. The third kappa shape index (κ3) is 4.80. The molecule has 4 rings (SSSR count). The van der Waals surface area contributed by atoms with Gasteiger partial charge in [-0.05, 0) is 43.5 Å². The van der Waals surface area contributed by atoms with Crippen LogP contribution >= 0.6 is 0 Å². The SMILES string of the molecule is O=C(NCCCn1ccnc1)[C@@H]1CC(=O)N(c2ccc(S(=O)(=O)N3CCCC3)cc2)C1. The lowest BCUT2D eigenvalue weighted by atomic mass is 10.1. The quantitative estimate of drug-likeness (QED) is 0.616. The first-order valence-electron chi connectivity index (χ1n) is 10.6. The highest BCUT2D eigenvalue weighted by Gasteiger charge is 2.35. The lowest BCUT2D eigenvalue weighted by molar-refractivity contribution is -0.126. The van der Waals surface area contributed by atoms with Crippen LogP contribution in [0.5, 0.6) is 0 Å². The fraction of sp³-hybridized carbons (Fsp3) is 0.476. The Morgan fingerprint density at radius 3 is 2.58 bits per heavy atom. The summed E-state index contributed by atoms with van der Waals surface area (Å²) in [5, 5.41) is 2.90. The summed E-state index contributed by atoms with van der Waals surface area (Å²) in [6.45, 7) is 2.69. The predicted octanol–water partition coefficient (Wildman–Crippen LogP) is 1.23. The smallest absolute Gasteiger partial charge is 0.243 e. The topological polar surface area (TPSA) is 105 Å². The van der Waals surface area contributed by atoms with Crippen molar-refractivity contribution in [3.63, 3.8) is 0 Å². The van der Waals surface area contributed by atoms with Crippen molar-refractivity contribution in [1.29, 1.82) is 0 Å². The highest BCUT2D eigenvalue weighted by Crippen LogP contribution is 2.28. The highest BCUT2D eigenvalue weighted by molar-refractivity contribution is 7.89. The van der Waals surface area contributed by atoms with Gasteiger partial charge in [0.1, 0.15) is 0 Å². The first kappa shape index (κ1) is 21.5. The molecule has 2 amide bonds. The van der Waals surface area contributed by atoms with Gasteiger partial charge in [0.25, 0.3) is 0 Å². The molecule has 0 saturated carbocycles. The standard InChI is InChI=1S/C21H27N5O4S/c27-20-14-17(21(28)23-8-3-10-24-13-9-22-16-24)15-26(20)18-4-6-19(7-5-18)31(29,30)25-11-1-2-12-25/h4-7,9,13,16-17H,1-3,8,10-12,14-15H2,(H,23,28)/t17-/m1/s1. The molecule has 0 unspecified atom stereocenters. The molecule has 31 heavy (non-hydrogen) atoms. The van der Waals surface area contributed by atoms with Crippen molar-refractivity contribution >= 4 is 27.5 Å². The molecule has 166 valence electrons. The average Bonchev–Trinajstić information content (AvgIpc) is 3.53. The zero-order valence-corrected chi connectivity index (χ0v) is 18.1. The van der Waals surface area contributed by atoms with E-state index in [-0.39, 0.29) is 23.1 Å². The van der Waals surface area contributed by atoms with Gasteiger partial charge in [-0.25, -0.2) is 13.4 Å². The van der Waals surface area contributed by atoms with E-state index < -0.39 is 15.9 Å². The van der Waals surface area contributed by atoms with Gasteiger partial charge in [-0.3, -0.25) is 9.59 Å². The van der Waals surface area contributed by atoms with Crippen LogP contribution in [0.25, 0.3) is 0 Å². The number of imidazole rings is 1. The van der Waals surface area contributed by atoms with Crippen LogP contribution in [-0.2, 0) is 26.2 Å². The van der Waals surface area contributed by atoms with Crippen LogP contribution in [0, 0.1) is 5.92 Å². The predicted molar refractivity (Wildman–Crippen MR) is 115 cm³/mol. The van der Waals surface area contributed by atoms with Crippen LogP contribution in [0.15, 0.2) is 47.9 Å². The van der Waals surface area contributed by atoms with Gasteiger partial charge >= 0.3 is 0 Å². The van der Waals surface area contributed by atoms with E-state index in [9.17, 15) is 18.0 Å². The van der Waals surface area contributed by atoms with Crippen LogP contribution in [0.4, 0.5) is 5.69 Å². The van der Waals surface area contributed by atoms with E-state index in [1.807, 2.05) is 10.8 Å². The highest BCUT2D eigenvalue weighted by atomic mass is 32.2. The molecule has 0 aliphatic carbocycles. The number of anilines is 1. The molecule has 1 aromatic heterocycles. The second-order valence-electron chi connectivity index (χ2n) is 7.96. The molecule has 2 aliphatic heterocycles. The molecule has 1 aromatic carbocycles. The van der Waals surface area contributed by atoms with E-state index in [1.54, 1.807) is 41.7 Å². The van der Waals surface area contributed by atoms with Crippen molar-refractivity contribution in [3.05, 3.63) is 43.0 Å². The second kappa shape index (κ2) is 9.19. The van der Waals surface area contributed by atoms with Crippen molar-refractivity contribution in [2.75, 3.05) is 31.1 Å². The van der Waals surface area contributed by atoms with Gasteiger partial charge in [-0.2, -0.15) is 4.31 Å². The molecular weight excluding hydrogens is 418 g/mol. The van der Waals surface area contributed by atoms with Crippen molar-refractivity contribution in [2.45, 2.75) is 37.1 Å². The maximum atomic E-state index is 12.7. The Hall–Kier alpha value is -2.72. The number of carbonyl (C=O) groups excluding carboxylic acids is 2. The number of sulfonamides is 1. The first-order chi connectivity index (χ1) is 14.9. The fourth-order valence-corrected chi connectivity index (χ4v) is 5.56. The lowest BCUT2D eigenvalue weighted by Gasteiger charge is -2.19. The van der Waals surface area contributed by atoms with Gasteiger partial charge in [-0.1, -0.05) is 0 Å². The van der Waals surface area contributed by atoms with Gasteiger partial charge in [0, 0.05) is 57.2 Å². The summed E-state index contributed by atoms with van der Waals surface area (Å²) in [4.78, 5) is 30.7. The lowest BCUT2D eigenvalue weighted by Crippen LogP contribution is -2.33. The summed E-state index contributed by atoms with van der Waals surface area (Å²) in [5.74, 6) is -0.669. The zero-order chi connectivity index (χ0) is 21.8. The molecule has 0 radical (unpaired) electrons. The van der Waals surface area contributed by atoms with Crippen LogP contribution in [0.2, 0.25) is 0 Å².